The van der Waals surface area contributed by atoms with Crippen molar-refractivity contribution in [2.75, 3.05) is 5.32 Å². The molecule has 0 aliphatic carbocycles. The van der Waals surface area contributed by atoms with E-state index in [4.69, 9.17) is 16.7 Å². The van der Waals surface area contributed by atoms with E-state index in [2.05, 4.69) is 20.3 Å². The van der Waals surface area contributed by atoms with Crippen LogP contribution in [0.2, 0.25) is 5.15 Å². The van der Waals surface area contributed by atoms with E-state index in [0.29, 0.717) is 11.0 Å². The third-order valence-electron chi connectivity index (χ3n) is 1.58. The van der Waals surface area contributed by atoms with Gasteiger partial charge in [-0.3, -0.25) is 5.32 Å². The van der Waals surface area contributed by atoms with Crippen LogP contribution >= 0.6 is 11.6 Å². The molecule has 3 N–H and O–H groups in total. The average Bonchev–Trinajstić information content (AvgIpc) is 2.47. The number of anilines is 1. The predicted octanol–water partition coefficient (Wildman–Crippen LogP) is 1.70. The van der Waals surface area contributed by atoms with Gasteiger partial charge in [-0.25, -0.2) is 14.8 Å². The fourth-order valence-electron chi connectivity index (χ4n) is 1.06. The Bertz CT molecular complexity index is 495. The number of rotatable bonds is 1. The van der Waals surface area contributed by atoms with Gasteiger partial charge in [-0.2, -0.15) is 0 Å². The summed E-state index contributed by atoms with van der Waals surface area (Å²) in [5.41, 5.74) is 1.08. The molecule has 1 amide bonds. The first-order valence-electron chi connectivity index (χ1n) is 3.67. The molecule has 0 aliphatic rings. The first-order valence-corrected chi connectivity index (χ1v) is 4.05. The Labute approximate surface area is 82.9 Å². The smallest absolute Gasteiger partial charge is 0.411 e. The van der Waals surface area contributed by atoms with E-state index in [1.54, 1.807) is 6.07 Å². The Hall–Kier alpha value is -1.82. The monoisotopic (exact) mass is 212 g/mol. The number of amides is 1. The molecule has 14 heavy (non-hydrogen) atoms. The normalized spacial score (nSPS) is 10.4. The molecule has 72 valence electrons. The summed E-state index contributed by atoms with van der Waals surface area (Å²) < 4.78 is 0. The maximum atomic E-state index is 10.3. The molecule has 0 bridgehead atoms. The molecule has 0 aromatic carbocycles. The zero-order valence-corrected chi connectivity index (χ0v) is 7.54. The largest absolute Gasteiger partial charge is 0.465 e. The SMILES string of the molecule is O=C(O)Nc1nc2c(Cl)nccc2[nH]1. The fourth-order valence-corrected chi connectivity index (χ4v) is 1.26. The van der Waals surface area contributed by atoms with Gasteiger partial charge in [-0.15, -0.1) is 0 Å². The van der Waals surface area contributed by atoms with Crippen molar-refractivity contribution < 1.29 is 9.90 Å². The molecular weight excluding hydrogens is 208 g/mol. The van der Waals surface area contributed by atoms with Crippen molar-refractivity contribution in [2.24, 2.45) is 0 Å². The highest BCUT2D eigenvalue weighted by molar-refractivity contribution is 6.33. The van der Waals surface area contributed by atoms with Gasteiger partial charge in [0, 0.05) is 6.20 Å². The molecule has 2 aromatic heterocycles. The second-order valence-corrected chi connectivity index (χ2v) is 2.87. The van der Waals surface area contributed by atoms with Crippen LogP contribution in [0.3, 0.4) is 0 Å². The summed E-state index contributed by atoms with van der Waals surface area (Å²) in [4.78, 5) is 20.8. The van der Waals surface area contributed by atoms with Crippen molar-refractivity contribution in [3.05, 3.63) is 17.4 Å². The van der Waals surface area contributed by atoms with Gasteiger partial charge in [-0.1, -0.05) is 11.6 Å². The number of nitrogens with zero attached hydrogens (tertiary/aromatic N) is 2. The van der Waals surface area contributed by atoms with E-state index >= 15 is 0 Å². The van der Waals surface area contributed by atoms with E-state index in [-0.39, 0.29) is 11.1 Å². The quantitative estimate of drug-likeness (QED) is 0.628. The average molecular weight is 213 g/mol. The van der Waals surface area contributed by atoms with Crippen LogP contribution in [-0.2, 0) is 0 Å². The Kier molecular flexibility index (Phi) is 1.97. The molecule has 0 saturated heterocycles. The third-order valence-corrected chi connectivity index (χ3v) is 1.86. The number of hydrogen-bond acceptors (Lipinski definition) is 3. The maximum absolute atomic E-state index is 10.3. The second kappa shape index (κ2) is 3.15. The van der Waals surface area contributed by atoms with Crippen molar-refractivity contribution in [3.8, 4) is 0 Å². The highest BCUT2D eigenvalue weighted by Gasteiger charge is 2.07. The summed E-state index contributed by atoms with van der Waals surface area (Å²) in [7, 11) is 0. The minimum Gasteiger partial charge on any atom is -0.465 e. The number of pyridine rings is 1. The van der Waals surface area contributed by atoms with Crippen LogP contribution in [0.1, 0.15) is 0 Å². The number of nitrogens with one attached hydrogen (secondary N) is 2. The van der Waals surface area contributed by atoms with E-state index < -0.39 is 6.09 Å². The summed E-state index contributed by atoms with van der Waals surface area (Å²) >= 11 is 5.74. The first kappa shape index (κ1) is 8.76. The zero-order valence-electron chi connectivity index (χ0n) is 6.78. The molecule has 0 spiro atoms. The van der Waals surface area contributed by atoms with Crippen LogP contribution in [0.25, 0.3) is 11.0 Å². The Morgan fingerprint density at radius 1 is 1.64 bits per heavy atom. The van der Waals surface area contributed by atoms with Crippen LogP contribution in [0.15, 0.2) is 12.3 Å². The van der Waals surface area contributed by atoms with Crippen LogP contribution in [0.4, 0.5) is 10.7 Å². The fraction of sp³-hybridized carbons (Fsp3) is 0. The standard InChI is InChI=1S/C7H5ClN4O2/c8-5-4-3(1-2-9-5)10-6(11-4)12-7(13)14/h1-2H,(H,13,14)(H2,10,11,12). The summed E-state index contributed by atoms with van der Waals surface area (Å²) in [6.45, 7) is 0. The van der Waals surface area contributed by atoms with Crippen LogP contribution < -0.4 is 5.32 Å². The molecule has 2 rings (SSSR count). The Morgan fingerprint density at radius 2 is 2.43 bits per heavy atom. The van der Waals surface area contributed by atoms with Gasteiger partial charge in [0.2, 0.25) is 5.95 Å². The molecule has 2 heterocycles. The molecule has 2 aromatic rings. The number of hydrogen-bond donors (Lipinski definition) is 3. The molecule has 6 nitrogen and oxygen atoms in total. The number of carbonyl (C=O) groups is 1. The van der Waals surface area contributed by atoms with E-state index in [1.165, 1.54) is 6.20 Å². The van der Waals surface area contributed by atoms with E-state index in [0.717, 1.165) is 0 Å². The van der Waals surface area contributed by atoms with E-state index in [9.17, 15) is 4.79 Å². The van der Waals surface area contributed by atoms with Gasteiger partial charge in [0.25, 0.3) is 0 Å². The van der Waals surface area contributed by atoms with Gasteiger partial charge in [0.1, 0.15) is 5.52 Å². The third kappa shape index (κ3) is 1.47. The Morgan fingerprint density at radius 3 is 3.07 bits per heavy atom. The second-order valence-electron chi connectivity index (χ2n) is 2.51. The Balaban J connectivity index is 2.51. The molecule has 0 saturated carbocycles. The summed E-state index contributed by atoms with van der Waals surface area (Å²) in [6.07, 6.45) is 0.320. The number of aromatic amines is 1. The molecule has 0 unspecified atom stereocenters. The van der Waals surface area contributed by atoms with Crippen molar-refractivity contribution in [1.82, 2.24) is 15.0 Å². The molecule has 7 heteroatoms. The zero-order chi connectivity index (χ0) is 10.1. The van der Waals surface area contributed by atoms with Crippen LogP contribution in [-0.4, -0.2) is 26.2 Å². The highest BCUT2D eigenvalue weighted by Crippen LogP contribution is 2.19. The van der Waals surface area contributed by atoms with Crippen molar-refractivity contribution in [1.29, 1.82) is 0 Å². The number of aromatic nitrogens is 3. The summed E-state index contributed by atoms with van der Waals surface area (Å²) in [5.74, 6) is 0.127. The topological polar surface area (TPSA) is 90.9 Å². The predicted molar refractivity (Wildman–Crippen MR) is 50.5 cm³/mol. The minimum absolute atomic E-state index is 0.127. The number of imidazole rings is 1. The molecule has 0 atom stereocenters. The number of halogens is 1. The summed E-state index contributed by atoms with van der Waals surface area (Å²) in [6, 6.07) is 1.65. The first-order chi connectivity index (χ1) is 6.66. The number of H-pyrrole nitrogens is 1. The van der Waals surface area contributed by atoms with Gasteiger partial charge < -0.3 is 10.1 Å². The molecule has 0 fully saturated rings. The summed E-state index contributed by atoms with van der Waals surface area (Å²) in [5, 5.41) is 10.8. The van der Waals surface area contributed by atoms with E-state index in [1.807, 2.05) is 0 Å². The lowest BCUT2D eigenvalue weighted by molar-refractivity contribution is 0.209. The number of fused-ring (bicyclic) bond motifs is 1. The van der Waals surface area contributed by atoms with Crippen molar-refractivity contribution in [3.63, 3.8) is 0 Å². The van der Waals surface area contributed by atoms with Crippen molar-refractivity contribution >= 4 is 34.7 Å². The molecule has 0 aliphatic heterocycles. The van der Waals surface area contributed by atoms with Gasteiger partial charge >= 0.3 is 6.09 Å². The van der Waals surface area contributed by atoms with Crippen molar-refractivity contribution in [2.45, 2.75) is 0 Å². The lowest BCUT2D eigenvalue weighted by Gasteiger charge is -1.90. The maximum Gasteiger partial charge on any atom is 0.411 e. The molecule has 0 radical (unpaired) electrons. The lowest BCUT2D eigenvalue weighted by Crippen LogP contribution is -2.08. The highest BCUT2D eigenvalue weighted by atomic mass is 35.5. The minimum atomic E-state index is -1.19. The van der Waals surface area contributed by atoms with Gasteiger partial charge in [-0.05, 0) is 6.07 Å². The molecular formula is C7H5ClN4O2. The van der Waals surface area contributed by atoms with Gasteiger partial charge in [0.15, 0.2) is 5.15 Å². The van der Waals surface area contributed by atoms with Gasteiger partial charge in [0.05, 0.1) is 5.52 Å². The number of carboxylic acid groups (broad SMARTS) is 1. The van der Waals surface area contributed by atoms with Crippen LogP contribution in [0.5, 0.6) is 0 Å². The van der Waals surface area contributed by atoms with Crippen LogP contribution in [0, 0.1) is 0 Å². The lowest BCUT2D eigenvalue weighted by atomic mass is 10.4.